The van der Waals surface area contributed by atoms with E-state index in [4.69, 9.17) is 0 Å². The number of hydrogen-bond acceptors (Lipinski definition) is 4. The van der Waals surface area contributed by atoms with Crippen molar-refractivity contribution in [1.82, 2.24) is 20.0 Å². The van der Waals surface area contributed by atoms with Crippen molar-refractivity contribution in [3.63, 3.8) is 0 Å². The first-order valence-electron chi connectivity index (χ1n) is 8.70. The average Bonchev–Trinajstić information content (AvgIpc) is 3.09. The number of urea groups is 1. The molecule has 1 spiro atoms. The smallest absolute Gasteiger partial charge is 0.325 e. The second kappa shape index (κ2) is 5.84. The summed E-state index contributed by atoms with van der Waals surface area (Å²) in [7, 11) is 2.01. The summed E-state index contributed by atoms with van der Waals surface area (Å²) in [5.74, 6) is -0.468. The van der Waals surface area contributed by atoms with Crippen LogP contribution < -0.4 is 5.32 Å². The molecule has 1 aliphatic carbocycles. The lowest BCUT2D eigenvalue weighted by Crippen LogP contribution is -2.51. The predicted molar refractivity (Wildman–Crippen MR) is 90.8 cm³/mol. The number of carbonyl (C=O) groups is 3. The van der Waals surface area contributed by atoms with Crippen molar-refractivity contribution in [2.45, 2.75) is 18.4 Å². The zero-order chi connectivity index (χ0) is 17.6. The topological polar surface area (TPSA) is 73.0 Å². The van der Waals surface area contributed by atoms with E-state index >= 15 is 0 Å². The minimum Gasteiger partial charge on any atom is -0.339 e. The number of likely N-dealkylation sites (N-methyl/N-ethyl adjacent to an activating group) is 1. The van der Waals surface area contributed by atoms with Crippen LogP contribution in [-0.4, -0.2) is 72.3 Å². The molecule has 3 aliphatic rings. The van der Waals surface area contributed by atoms with Gasteiger partial charge in [0.1, 0.15) is 12.1 Å². The van der Waals surface area contributed by atoms with Gasteiger partial charge in [0.15, 0.2) is 0 Å². The van der Waals surface area contributed by atoms with Gasteiger partial charge in [-0.2, -0.15) is 0 Å². The van der Waals surface area contributed by atoms with Crippen molar-refractivity contribution >= 4 is 17.8 Å². The number of aryl methyl sites for hydroxylation is 1. The zero-order valence-corrected chi connectivity index (χ0v) is 14.3. The van der Waals surface area contributed by atoms with Gasteiger partial charge in [-0.15, -0.1) is 0 Å². The molecular formula is C18H22N4O3. The highest BCUT2D eigenvalue weighted by Crippen LogP contribution is 2.41. The van der Waals surface area contributed by atoms with Crippen molar-refractivity contribution < 1.29 is 14.4 Å². The lowest BCUT2D eigenvalue weighted by Gasteiger charge is -2.33. The first kappa shape index (κ1) is 16.1. The van der Waals surface area contributed by atoms with Gasteiger partial charge in [-0.1, -0.05) is 24.3 Å². The van der Waals surface area contributed by atoms with Crippen LogP contribution in [0.2, 0.25) is 0 Å². The number of nitrogens with one attached hydrogen (secondary N) is 1. The van der Waals surface area contributed by atoms with E-state index in [1.165, 1.54) is 0 Å². The van der Waals surface area contributed by atoms with Crippen molar-refractivity contribution in [3.8, 4) is 0 Å². The molecule has 0 saturated carbocycles. The molecule has 1 unspecified atom stereocenters. The highest BCUT2D eigenvalue weighted by atomic mass is 16.2. The molecule has 2 aliphatic heterocycles. The fourth-order valence-corrected chi connectivity index (χ4v) is 4.02. The maximum Gasteiger partial charge on any atom is 0.325 e. The number of hydrogen-bond donors (Lipinski definition) is 1. The summed E-state index contributed by atoms with van der Waals surface area (Å²) in [6, 6.07) is 7.23. The summed E-state index contributed by atoms with van der Waals surface area (Å²) in [5, 5.41) is 2.86. The highest BCUT2D eigenvalue weighted by molar-refractivity contribution is 6.09. The quantitative estimate of drug-likeness (QED) is 0.777. The Labute approximate surface area is 146 Å². The molecule has 4 rings (SSSR count). The van der Waals surface area contributed by atoms with Crippen LogP contribution in [-0.2, 0) is 21.5 Å². The molecule has 2 saturated heterocycles. The Balaban J connectivity index is 1.52. The largest absolute Gasteiger partial charge is 0.339 e. The Morgan fingerprint density at radius 2 is 1.88 bits per heavy atom. The van der Waals surface area contributed by atoms with Gasteiger partial charge in [-0.25, -0.2) is 4.79 Å². The van der Waals surface area contributed by atoms with Gasteiger partial charge in [0.25, 0.3) is 5.91 Å². The molecule has 7 nitrogen and oxygen atoms in total. The molecule has 1 N–H and O–H groups in total. The Bertz CT molecular complexity index is 742. The molecule has 2 heterocycles. The highest BCUT2D eigenvalue weighted by Gasteiger charge is 2.55. The number of benzene rings is 1. The Morgan fingerprint density at radius 1 is 1.16 bits per heavy atom. The van der Waals surface area contributed by atoms with E-state index in [0.29, 0.717) is 19.5 Å². The maximum atomic E-state index is 13.0. The van der Waals surface area contributed by atoms with Gasteiger partial charge in [-0.3, -0.25) is 14.5 Å². The van der Waals surface area contributed by atoms with Crippen LogP contribution in [0.25, 0.3) is 0 Å². The second-order valence-electron chi connectivity index (χ2n) is 7.07. The van der Waals surface area contributed by atoms with Gasteiger partial charge in [0.2, 0.25) is 5.91 Å². The van der Waals surface area contributed by atoms with Crippen LogP contribution in [0, 0.1) is 0 Å². The lowest BCUT2D eigenvalue weighted by atomic mass is 9.92. The number of fused-ring (bicyclic) bond motifs is 2. The van der Waals surface area contributed by atoms with E-state index in [0.717, 1.165) is 35.5 Å². The fourth-order valence-electron chi connectivity index (χ4n) is 4.02. The molecular weight excluding hydrogens is 320 g/mol. The van der Waals surface area contributed by atoms with Crippen LogP contribution >= 0.6 is 0 Å². The Kier molecular flexibility index (Phi) is 3.76. The molecule has 0 aromatic heterocycles. The van der Waals surface area contributed by atoms with E-state index in [1.54, 1.807) is 4.90 Å². The van der Waals surface area contributed by atoms with Crippen molar-refractivity contribution in [1.29, 1.82) is 0 Å². The summed E-state index contributed by atoms with van der Waals surface area (Å²) >= 11 is 0. The van der Waals surface area contributed by atoms with Gasteiger partial charge in [0, 0.05) is 26.2 Å². The molecule has 0 bridgehead atoms. The fraction of sp³-hybridized carbons (Fsp3) is 0.500. The van der Waals surface area contributed by atoms with E-state index in [9.17, 15) is 14.4 Å². The Morgan fingerprint density at radius 3 is 2.64 bits per heavy atom. The number of amides is 4. The molecule has 1 aromatic carbocycles. The van der Waals surface area contributed by atoms with Crippen molar-refractivity contribution in [2.75, 3.05) is 39.8 Å². The van der Waals surface area contributed by atoms with E-state index in [2.05, 4.69) is 10.2 Å². The lowest BCUT2D eigenvalue weighted by molar-refractivity contribution is -0.140. The van der Waals surface area contributed by atoms with Gasteiger partial charge in [0.05, 0.1) is 0 Å². The average molecular weight is 342 g/mol. The summed E-state index contributed by atoms with van der Waals surface area (Å²) in [6.07, 6.45) is 1.30. The maximum absolute atomic E-state index is 13.0. The normalized spacial score (nSPS) is 26.3. The summed E-state index contributed by atoms with van der Waals surface area (Å²) in [5.41, 5.74) is 0.960. The van der Waals surface area contributed by atoms with Crippen LogP contribution in [0.3, 0.4) is 0 Å². The molecule has 1 aromatic rings. The predicted octanol–water partition coefficient (Wildman–Crippen LogP) is 0.154. The van der Waals surface area contributed by atoms with E-state index < -0.39 is 11.6 Å². The zero-order valence-electron chi connectivity index (χ0n) is 14.3. The summed E-state index contributed by atoms with van der Waals surface area (Å²) in [6.45, 7) is 2.70. The second-order valence-corrected chi connectivity index (χ2v) is 7.07. The minimum atomic E-state index is -0.990. The Hall–Kier alpha value is -2.41. The van der Waals surface area contributed by atoms with Gasteiger partial charge in [-0.05, 0) is 31.0 Å². The molecule has 132 valence electrons. The van der Waals surface area contributed by atoms with Gasteiger partial charge >= 0.3 is 6.03 Å². The number of rotatable bonds is 2. The summed E-state index contributed by atoms with van der Waals surface area (Å²) in [4.78, 5) is 43.0. The van der Waals surface area contributed by atoms with Crippen molar-refractivity contribution in [3.05, 3.63) is 35.4 Å². The van der Waals surface area contributed by atoms with Crippen LogP contribution in [0.5, 0.6) is 0 Å². The first-order valence-corrected chi connectivity index (χ1v) is 8.70. The first-order chi connectivity index (χ1) is 12.0. The molecule has 25 heavy (non-hydrogen) atoms. The third-order valence-corrected chi connectivity index (χ3v) is 5.57. The summed E-state index contributed by atoms with van der Waals surface area (Å²) < 4.78 is 0. The standard InChI is InChI=1S/C18H22N4O3/c1-20-8-10-21(11-9-20)15(23)12-22-16(24)18(19-17(22)25)7-6-13-4-2-3-5-14(13)18/h2-5H,6-12H2,1H3,(H,19,25). The molecule has 7 heteroatoms. The van der Waals surface area contributed by atoms with Crippen molar-refractivity contribution in [2.24, 2.45) is 0 Å². The molecule has 1 atom stereocenters. The SMILES string of the molecule is CN1CCN(C(=O)CN2C(=O)NC3(CCc4ccccc43)C2=O)CC1. The van der Waals surface area contributed by atoms with E-state index in [1.807, 2.05) is 31.3 Å². The van der Waals surface area contributed by atoms with Crippen LogP contribution in [0.1, 0.15) is 17.5 Å². The van der Waals surface area contributed by atoms with Crippen LogP contribution in [0.4, 0.5) is 4.79 Å². The number of piperazine rings is 1. The molecule has 0 radical (unpaired) electrons. The van der Waals surface area contributed by atoms with E-state index in [-0.39, 0.29) is 18.4 Å². The third-order valence-electron chi connectivity index (χ3n) is 5.57. The molecule has 4 amide bonds. The number of imide groups is 1. The van der Waals surface area contributed by atoms with Gasteiger partial charge < -0.3 is 15.1 Å². The number of nitrogens with zero attached hydrogens (tertiary/aromatic N) is 3. The third kappa shape index (κ3) is 2.50. The molecule has 2 fully saturated rings. The number of carbonyl (C=O) groups excluding carboxylic acids is 3. The van der Waals surface area contributed by atoms with Crippen LogP contribution in [0.15, 0.2) is 24.3 Å². The monoisotopic (exact) mass is 342 g/mol. The minimum absolute atomic E-state index is 0.167.